The lowest BCUT2D eigenvalue weighted by Gasteiger charge is -2.47. The van der Waals surface area contributed by atoms with Crippen molar-refractivity contribution in [2.45, 2.75) is 93.8 Å². The van der Waals surface area contributed by atoms with Crippen molar-refractivity contribution in [3.63, 3.8) is 0 Å². The lowest BCUT2D eigenvalue weighted by molar-refractivity contribution is 0.0956. The molecule has 0 aliphatic rings. The molecule has 0 spiro atoms. The Kier molecular flexibility index (Phi) is 8.44. The van der Waals surface area contributed by atoms with Crippen molar-refractivity contribution in [1.29, 1.82) is 5.26 Å². The van der Waals surface area contributed by atoms with E-state index in [2.05, 4.69) is 47.6 Å². The smallest absolute Gasteiger partial charge is 0.202 e. The first kappa shape index (κ1) is 25.5. The van der Waals surface area contributed by atoms with Crippen LogP contribution in [0.4, 0.5) is 0 Å². The quantitative estimate of drug-likeness (QED) is 0.368. The van der Waals surface area contributed by atoms with Crippen molar-refractivity contribution in [2.75, 3.05) is 0 Å². The van der Waals surface area contributed by atoms with E-state index in [1.54, 1.807) is 0 Å². The average molecular weight is 456 g/mol. The molecule has 0 N–H and O–H groups in total. The molecule has 0 amide bonds. The molecule has 0 bridgehead atoms. The number of rotatable bonds is 9. The van der Waals surface area contributed by atoms with Gasteiger partial charge in [-0.1, -0.05) is 84.4 Å². The molecule has 31 heavy (non-hydrogen) atoms. The fraction of sp³-hybridized carbons (Fsp3) is 0.500. The molecule has 0 aliphatic carbocycles. The number of benzene rings is 2. The van der Waals surface area contributed by atoms with E-state index in [1.807, 2.05) is 62.4 Å². The Bertz CT molecular complexity index is 925. The van der Waals surface area contributed by atoms with Gasteiger partial charge < -0.3 is 4.43 Å². The number of nitrogens with zero attached hydrogens (tertiary/aromatic N) is 1. The Hall–Kier alpha value is -1.74. The molecular weight excluding hydrogens is 418 g/mol. The highest BCUT2D eigenvalue weighted by molar-refractivity contribution is 7.85. The zero-order chi connectivity index (χ0) is 23.4. The molecule has 0 heterocycles. The molecule has 2 aromatic carbocycles. The van der Waals surface area contributed by atoms with Gasteiger partial charge in [-0.2, -0.15) is 5.26 Å². The van der Waals surface area contributed by atoms with Crippen LogP contribution in [0.5, 0.6) is 0 Å². The predicted octanol–water partition coefficient (Wildman–Crippen LogP) is 7.48. The van der Waals surface area contributed by atoms with Crippen LogP contribution in [-0.2, 0) is 20.8 Å². The van der Waals surface area contributed by atoms with E-state index in [1.165, 1.54) is 0 Å². The first-order chi connectivity index (χ1) is 14.6. The highest BCUT2D eigenvalue weighted by Gasteiger charge is 2.51. The fourth-order valence-corrected chi connectivity index (χ4v) is 11.8. The molecule has 2 aromatic rings. The van der Waals surface area contributed by atoms with Gasteiger partial charge in [0.2, 0.25) is 8.32 Å². The number of hydrogen-bond acceptors (Lipinski definition) is 3. The van der Waals surface area contributed by atoms with Crippen molar-refractivity contribution in [1.82, 2.24) is 0 Å². The standard InChI is InChI=1S/C26H37NO2SSi/c1-9-26(18-27,29-31(19(2)3,20(4)5)21(6)7)24-12-10-11-13-25(24)30(28)23-16-14-22(8)15-17-23/h10-17,19-21H,9H2,1-8H3/t26-,30-/m0/s1. The van der Waals surface area contributed by atoms with Crippen molar-refractivity contribution < 1.29 is 8.63 Å². The Morgan fingerprint density at radius 3 is 1.94 bits per heavy atom. The normalized spacial score (nSPS) is 15.2. The molecule has 0 aromatic heterocycles. The third-order valence-electron chi connectivity index (χ3n) is 6.49. The molecule has 3 nitrogen and oxygen atoms in total. The van der Waals surface area contributed by atoms with Crippen molar-refractivity contribution in [2.24, 2.45) is 0 Å². The van der Waals surface area contributed by atoms with Crippen LogP contribution in [-0.4, -0.2) is 12.5 Å². The van der Waals surface area contributed by atoms with Crippen LogP contribution < -0.4 is 0 Å². The van der Waals surface area contributed by atoms with Crippen molar-refractivity contribution in [3.8, 4) is 6.07 Å². The SMILES string of the molecule is CC[C@@](C#N)(O[Si](C(C)C)(C(C)C)C(C)C)c1ccccc1[S@@](=O)c1ccc(C)cc1. The second kappa shape index (κ2) is 10.2. The van der Waals surface area contributed by atoms with E-state index in [0.717, 1.165) is 16.0 Å². The highest BCUT2D eigenvalue weighted by Crippen LogP contribution is 2.48. The van der Waals surface area contributed by atoms with E-state index < -0.39 is 24.7 Å². The Morgan fingerprint density at radius 1 is 0.968 bits per heavy atom. The number of nitriles is 1. The molecular formula is C26H37NO2SSi. The molecule has 0 saturated carbocycles. The van der Waals surface area contributed by atoms with Gasteiger partial charge in [-0.05, 0) is 48.2 Å². The zero-order valence-electron chi connectivity index (χ0n) is 20.2. The van der Waals surface area contributed by atoms with Gasteiger partial charge in [0, 0.05) is 10.5 Å². The maximum atomic E-state index is 13.6. The number of hydrogen-bond donors (Lipinski definition) is 0. The molecule has 0 fully saturated rings. The third-order valence-corrected chi connectivity index (χ3v) is 14.1. The van der Waals surface area contributed by atoms with Crippen LogP contribution in [0.1, 0.15) is 66.0 Å². The van der Waals surface area contributed by atoms with Gasteiger partial charge in [-0.25, -0.2) is 4.21 Å². The summed E-state index contributed by atoms with van der Waals surface area (Å²) in [6.45, 7) is 17.3. The van der Waals surface area contributed by atoms with Gasteiger partial charge in [0.1, 0.15) is 6.07 Å². The number of aryl methyl sites for hydroxylation is 1. The molecule has 2 rings (SSSR count). The lowest BCUT2D eigenvalue weighted by Crippen LogP contribution is -2.53. The van der Waals surface area contributed by atoms with Gasteiger partial charge in [-0.15, -0.1) is 0 Å². The predicted molar refractivity (Wildman–Crippen MR) is 132 cm³/mol. The molecule has 5 heteroatoms. The molecule has 0 aliphatic heterocycles. The van der Waals surface area contributed by atoms with Gasteiger partial charge >= 0.3 is 0 Å². The van der Waals surface area contributed by atoms with E-state index >= 15 is 0 Å². The zero-order valence-corrected chi connectivity index (χ0v) is 22.0. The average Bonchev–Trinajstić information content (AvgIpc) is 2.74. The summed E-state index contributed by atoms with van der Waals surface area (Å²) in [6.07, 6.45) is 0.506. The second-order valence-corrected chi connectivity index (χ2v) is 16.1. The van der Waals surface area contributed by atoms with Crippen LogP contribution in [0.3, 0.4) is 0 Å². The summed E-state index contributed by atoms with van der Waals surface area (Å²) in [7, 11) is -3.75. The van der Waals surface area contributed by atoms with Crippen molar-refractivity contribution >= 4 is 19.1 Å². The monoisotopic (exact) mass is 455 g/mol. The van der Waals surface area contributed by atoms with Gasteiger partial charge in [0.15, 0.2) is 5.60 Å². The highest BCUT2D eigenvalue weighted by atomic mass is 32.2. The minimum absolute atomic E-state index is 0.349. The van der Waals surface area contributed by atoms with E-state index in [-0.39, 0.29) is 0 Å². The minimum atomic E-state index is -2.35. The largest absolute Gasteiger partial charge is 0.395 e. The summed E-state index contributed by atoms with van der Waals surface area (Å²) in [5, 5.41) is 10.5. The fourth-order valence-electron chi connectivity index (χ4n) is 4.89. The van der Waals surface area contributed by atoms with Crippen LogP contribution in [0.25, 0.3) is 0 Å². The molecule has 0 radical (unpaired) electrons. The second-order valence-electron chi connectivity index (χ2n) is 9.29. The van der Waals surface area contributed by atoms with Crippen LogP contribution in [0.15, 0.2) is 58.3 Å². The van der Waals surface area contributed by atoms with Crippen LogP contribution in [0.2, 0.25) is 16.6 Å². The molecule has 2 atom stereocenters. The summed E-state index contributed by atoms with van der Waals surface area (Å²) in [5.41, 5.74) is 1.78. The lowest BCUT2D eigenvalue weighted by atomic mass is 9.93. The summed E-state index contributed by atoms with van der Waals surface area (Å²) in [5.74, 6) is 0. The van der Waals surface area contributed by atoms with Gasteiger partial charge in [-0.3, -0.25) is 0 Å². The summed E-state index contributed by atoms with van der Waals surface area (Å²) in [6, 6.07) is 17.9. The maximum Gasteiger partial charge on any atom is 0.202 e. The topological polar surface area (TPSA) is 50.1 Å². The Morgan fingerprint density at radius 2 is 1.48 bits per heavy atom. The minimum Gasteiger partial charge on any atom is -0.395 e. The van der Waals surface area contributed by atoms with Gasteiger partial charge in [0.25, 0.3) is 0 Å². The first-order valence-corrected chi connectivity index (χ1v) is 14.5. The van der Waals surface area contributed by atoms with Crippen molar-refractivity contribution in [3.05, 3.63) is 59.7 Å². The van der Waals surface area contributed by atoms with E-state index in [9.17, 15) is 9.47 Å². The van der Waals surface area contributed by atoms with E-state index in [0.29, 0.717) is 27.9 Å². The van der Waals surface area contributed by atoms with E-state index in [4.69, 9.17) is 4.43 Å². The summed E-state index contributed by atoms with van der Waals surface area (Å²) in [4.78, 5) is 1.40. The maximum absolute atomic E-state index is 13.6. The molecule has 0 unspecified atom stereocenters. The first-order valence-electron chi connectivity index (χ1n) is 11.2. The third kappa shape index (κ3) is 4.87. The molecule has 0 saturated heterocycles. The Labute approximate surface area is 192 Å². The molecule has 168 valence electrons. The van der Waals surface area contributed by atoms with Crippen LogP contribution in [0, 0.1) is 18.3 Å². The summed E-state index contributed by atoms with van der Waals surface area (Å²) >= 11 is 0. The van der Waals surface area contributed by atoms with Gasteiger partial charge in [0.05, 0.1) is 15.7 Å². The van der Waals surface area contributed by atoms with Crippen LogP contribution >= 0.6 is 0 Å². The summed E-state index contributed by atoms with van der Waals surface area (Å²) < 4.78 is 20.7. The Balaban J connectivity index is 2.69.